The molecule has 0 fully saturated rings. The molecular weight excluding hydrogens is 485 g/mol. The maximum absolute atomic E-state index is 12.9. The first kappa shape index (κ1) is 21.7. The molecule has 0 aliphatic rings. The highest BCUT2D eigenvalue weighted by Crippen LogP contribution is 2.34. The second-order valence-corrected chi connectivity index (χ2v) is 7.35. The topological polar surface area (TPSA) is 66.0 Å². The Morgan fingerprint density at radius 3 is 2.47 bits per heavy atom. The van der Waals surface area contributed by atoms with Crippen molar-refractivity contribution in [2.75, 3.05) is 5.32 Å². The van der Waals surface area contributed by atoms with E-state index in [1.807, 2.05) is 24.3 Å². The molecule has 0 saturated carbocycles. The highest BCUT2D eigenvalue weighted by atomic mass is 79.9. The summed E-state index contributed by atoms with van der Waals surface area (Å²) in [5.74, 6) is -0.164. The minimum Gasteiger partial charge on any atom is -0.457 e. The van der Waals surface area contributed by atoms with Gasteiger partial charge in [0.25, 0.3) is 5.91 Å². The zero-order valence-electron chi connectivity index (χ0n) is 14.9. The first-order valence-corrected chi connectivity index (χ1v) is 9.50. The molecular formula is C21H11BrClF3N2O2. The van der Waals surface area contributed by atoms with Crippen LogP contribution in [0.25, 0.3) is 17.4 Å². The third-order valence-electron chi connectivity index (χ3n) is 3.95. The van der Waals surface area contributed by atoms with Crippen molar-refractivity contribution >= 4 is 45.2 Å². The van der Waals surface area contributed by atoms with E-state index in [2.05, 4.69) is 21.2 Å². The molecule has 9 heteroatoms. The summed E-state index contributed by atoms with van der Waals surface area (Å²) in [7, 11) is 0. The van der Waals surface area contributed by atoms with Crippen LogP contribution in [-0.2, 0) is 11.0 Å². The number of nitrogens with one attached hydrogen (secondary N) is 1. The molecule has 2 aromatic carbocycles. The maximum atomic E-state index is 12.9. The molecule has 1 amide bonds. The minimum atomic E-state index is -4.60. The van der Waals surface area contributed by atoms with Crippen molar-refractivity contribution in [2.24, 2.45) is 0 Å². The van der Waals surface area contributed by atoms with Gasteiger partial charge in [-0.1, -0.05) is 39.7 Å². The van der Waals surface area contributed by atoms with E-state index < -0.39 is 17.6 Å². The average Bonchev–Trinajstić information content (AvgIpc) is 3.16. The highest BCUT2D eigenvalue weighted by molar-refractivity contribution is 9.10. The molecule has 0 saturated heterocycles. The third-order valence-corrected chi connectivity index (χ3v) is 4.81. The molecule has 152 valence electrons. The summed E-state index contributed by atoms with van der Waals surface area (Å²) in [6.45, 7) is 0. The number of carbonyl (C=O) groups is 1. The van der Waals surface area contributed by atoms with Gasteiger partial charge in [-0.25, -0.2) is 0 Å². The summed E-state index contributed by atoms with van der Waals surface area (Å²) >= 11 is 9.21. The fourth-order valence-electron chi connectivity index (χ4n) is 2.48. The van der Waals surface area contributed by atoms with Crippen molar-refractivity contribution in [2.45, 2.75) is 6.18 Å². The van der Waals surface area contributed by atoms with Crippen LogP contribution in [0.5, 0.6) is 0 Å². The van der Waals surface area contributed by atoms with Gasteiger partial charge in [0, 0.05) is 16.1 Å². The van der Waals surface area contributed by atoms with E-state index in [1.54, 1.807) is 18.2 Å². The number of anilines is 1. The number of nitriles is 1. The van der Waals surface area contributed by atoms with E-state index in [1.165, 1.54) is 6.08 Å². The third kappa shape index (κ3) is 5.12. The molecule has 1 aromatic heterocycles. The number of rotatable bonds is 4. The molecule has 1 heterocycles. The molecule has 0 bridgehead atoms. The van der Waals surface area contributed by atoms with Gasteiger partial charge in [-0.3, -0.25) is 4.79 Å². The Morgan fingerprint density at radius 1 is 1.13 bits per heavy atom. The Labute approximate surface area is 182 Å². The van der Waals surface area contributed by atoms with Gasteiger partial charge in [-0.2, -0.15) is 18.4 Å². The number of benzene rings is 2. The number of hydrogen-bond donors (Lipinski definition) is 1. The Balaban J connectivity index is 1.83. The van der Waals surface area contributed by atoms with Crippen LogP contribution in [0, 0.1) is 11.3 Å². The number of nitrogens with zero attached hydrogens (tertiary/aromatic N) is 1. The van der Waals surface area contributed by atoms with Crippen LogP contribution in [0.2, 0.25) is 5.02 Å². The van der Waals surface area contributed by atoms with E-state index in [4.69, 9.17) is 16.0 Å². The Kier molecular flexibility index (Phi) is 6.34. The standard InChI is InChI=1S/C21H11BrClF3N2O2/c22-15-4-1-12(2-5-15)19-8-6-16(30-19)9-13(11-27)20(29)28-18-10-14(21(24,25)26)3-7-17(18)23/h1-10H,(H,28,29)/b13-9+. The number of halogens is 5. The van der Waals surface area contributed by atoms with Crippen LogP contribution in [0.4, 0.5) is 18.9 Å². The van der Waals surface area contributed by atoms with Gasteiger partial charge in [0.2, 0.25) is 0 Å². The monoisotopic (exact) mass is 494 g/mol. The Morgan fingerprint density at radius 2 is 1.83 bits per heavy atom. The van der Waals surface area contributed by atoms with Gasteiger partial charge in [0.1, 0.15) is 23.2 Å². The molecule has 4 nitrogen and oxygen atoms in total. The van der Waals surface area contributed by atoms with Gasteiger partial charge in [-0.05, 0) is 42.5 Å². The number of amides is 1. The molecule has 0 radical (unpaired) electrons. The van der Waals surface area contributed by atoms with Gasteiger partial charge < -0.3 is 9.73 Å². The van der Waals surface area contributed by atoms with Crippen LogP contribution < -0.4 is 5.32 Å². The van der Waals surface area contributed by atoms with E-state index in [0.29, 0.717) is 11.8 Å². The first-order chi connectivity index (χ1) is 14.2. The molecule has 1 N–H and O–H groups in total. The van der Waals surface area contributed by atoms with E-state index in [0.717, 1.165) is 22.2 Å². The lowest BCUT2D eigenvalue weighted by molar-refractivity contribution is -0.137. The molecule has 30 heavy (non-hydrogen) atoms. The number of carbonyl (C=O) groups excluding carboxylic acids is 1. The van der Waals surface area contributed by atoms with Gasteiger partial charge in [-0.15, -0.1) is 0 Å². The van der Waals surface area contributed by atoms with E-state index in [9.17, 15) is 23.2 Å². The van der Waals surface area contributed by atoms with E-state index in [-0.39, 0.29) is 22.0 Å². The normalized spacial score (nSPS) is 11.8. The Hall–Kier alpha value is -3.02. The van der Waals surface area contributed by atoms with Crippen molar-refractivity contribution < 1.29 is 22.4 Å². The minimum absolute atomic E-state index is 0.0934. The molecule has 0 aliphatic carbocycles. The van der Waals surface area contributed by atoms with E-state index >= 15 is 0 Å². The first-order valence-electron chi connectivity index (χ1n) is 8.33. The lowest BCUT2D eigenvalue weighted by Crippen LogP contribution is -2.15. The van der Waals surface area contributed by atoms with Crippen LogP contribution in [0.1, 0.15) is 11.3 Å². The molecule has 3 rings (SSSR count). The summed E-state index contributed by atoms with van der Waals surface area (Å²) in [6.07, 6.45) is -3.41. The molecule has 0 unspecified atom stereocenters. The molecule has 0 spiro atoms. The predicted molar refractivity (Wildman–Crippen MR) is 111 cm³/mol. The molecule has 0 atom stereocenters. The second-order valence-electron chi connectivity index (χ2n) is 6.03. The number of alkyl halides is 3. The summed E-state index contributed by atoms with van der Waals surface area (Å²) in [5.41, 5.74) is -0.806. The lowest BCUT2D eigenvalue weighted by atomic mass is 10.1. The quantitative estimate of drug-likeness (QED) is 0.315. The van der Waals surface area contributed by atoms with Crippen LogP contribution >= 0.6 is 27.5 Å². The van der Waals surface area contributed by atoms with Crippen molar-refractivity contribution in [1.82, 2.24) is 0 Å². The van der Waals surface area contributed by atoms with Crippen molar-refractivity contribution in [3.05, 3.63) is 81.0 Å². The van der Waals surface area contributed by atoms with Crippen molar-refractivity contribution in [3.63, 3.8) is 0 Å². The molecule has 0 aliphatic heterocycles. The average molecular weight is 496 g/mol. The van der Waals surface area contributed by atoms with Crippen LogP contribution in [0.3, 0.4) is 0 Å². The summed E-state index contributed by atoms with van der Waals surface area (Å²) < 4.78 is 45.2. The van der Waals surface area contributed by atoms with Gasteiger partial charge >= 0.3 is 6.18 Å². The smallest absolute Gasteiger partial charge is 0.416 e. The largest absolute Gasteiger partial charge is 0.457 e. The van der Waals surface area contributed by atoms with Crippen LogP contribution in [-0.4, -0.2) is 5.91 Å². The lowest BCUT2D eigenvalue weighted by Gasteiger charge is -2.11. The maximum Gasteiger partial charge on any atom is 0.416 e. The fourth-order valence-corrected chi connectivity index (χ4v) is 2.91. The number of furan rings is 1. The SMILES string of the molecule is N#C/C(=C\c1ccc(-c2ccc(Br)cc2)o1)C(=O)Nc1cc(C(F)(F)F)ccc1Cl. The summed E-state index contributed by atoms with van der Waals surface area (Å²) in [6, 6.07) is 14.8. The van der Waals surface area contributed by atoms with Crippen molar-refractivity contribution in [3.8, 4) is 17.4 Å². The second kappa shape index (κ2) is 8.78. The molecule has 3 aromatic rings. The zero-order chi connectivity index (χ0) is 21.9. The fraction of sp³-hybridized carbons (Fsp3) is 0.0476. The summed E-state index contributed by atoms with van der Waals surface area (Å²) in [5, 5.41) is 11.4. The number of hydrogen-bond acceptors (Lipinski definition) is 3. The van der Waals surface area contributed by atoms with Crippen LogP contribution in [0.15, 0.2) is 69.1 Å². The van der Waals surface area contributed by atoms with Crippen molar-refractivity contribution in [1.29, 1.82) is 5.26 Å². The zero-order valence-corrected chi connectivity index (χ0v) is 17.3. The predicted octanol–water partition coefficient (Wildman–Crippen LogP) is 6.93. The van der Waals surface area contributed by atoms with Gasteiger partial charge in [0.15, 0.2) is 0 Å². The Bertz CT molecular complexity index is 1160. The highest BCUT2D eigenvalue weighted by Gasteiger charge is 2.31. The van der Waals surface area contributed by atoms with Gasteiger partial charge in [0.05, 0.1) is 16.3 Å². The summed E-state index contributed by atoms with van der Waals surface area (Å²) in [4.78, 5) is 12.4.